The molecule has 0 aliphatic carbocycles. The summed E-state index contributed by atoms with van der Waals surface area (Å²) in [6.45, 7) is 3.71. The van der Waals surface area contributed by atoms with Gasteiger partial charge < -0.3 is 10.5 Å². The molecular formula is C10H13BrN2O. The van der Waals surface area contributed by atoms with Crippen molar-refractivity contribution in [1.29, 1.82) is 5.41 Å². The van der Waals surface area contributed by atoms with Crippen LogP contribution in [0.3, 0.4) is 0 Å². The molecule has 1 aromatic rings. The van der Waals surface area contributed by atoms with Crippen LogP contribution in [0.25, 0.3) is 0 Å². The predicted molar refractivity (Wildman–Crippen MR) is 60.9 cm³/mol. The Labute approximate surface area is 91.9 Å². The van der Waals surface area contributed by atoms with Gasteiger partial charge in [0.15, 0.2) is 6.10 Å². The first-order valence-electron chi connectivity index (χ1n) is 4.27. The fourth-order valence-electron chi connectivity index (χ4n) is 0.999. The summed E-state index contributed by atoms with van der Waals surface area (Å²) in [5.74, 6) is 0.795. The Hall–Kier alpha value is -1.03. The summed E-state index contributed by atoms with van der Waals surface area (Å²) in [6, 6.07) is 5.72. The zero-order valence-electron chi connectivity index (χ0n) is 8.17. The largest absolute Gasteiger partial charge is 0.483 e. The van der Waals surface area contributed by atoms with Crippen LogP contribution in [0.15, 0.2) is 22.7 Å². The normalized spacial score (nSPS) is 12.2. The Kier molecular flexibility index (Phi) is 3.52. The number of halogens is 1. The first-order valence-corrected chi connectivity index (χ1v) is 5.06. The predicted octanol–water partition coefficient (Wildman–Crippen LogP) is 2.46. The monoisotopic (exact) mass is 256 g/mol. The number of amidine groups is 1. The Morgan fingerprint density at radius 1 is 1.57 bits per heavy atom. The molecule has 0 bridgehead atoms. The van der Waals surface area contributed by atoms with E-state index in [1.165, 1.54) is 0 Å². The number of ether oxygens (including phenoxy) is 1. The summed E-state index contributed by atoms with van der Waals surface area (Å²) in [4.78, 5) is 0. The molecule has 3 N–H and O–H groups in total. The molecule has 76 valence electrons. The van der Waals surface area contributed by atoms with E-state index in [0.717, 1.165) is 15.8 Å². The van der Waals surface area contributed by atoms with Gasteiger partial charge in [-0.15, -0.1) is 0 Å². The molecule has 0 fully saturated rings. The molecule has 0 aromatic heterocycles. The standard InChI is InChI=1S/C10H13BrN2O/c1-6-5-8(11)3-4-9(6)14-7(2)10(12)13/h3-5,7H,1-2H3,(H3,12,13). The number of nitrogens with one attached hydrogen (secondary N) is 1. The smallest absolute Gasteiger partial charge is 0.152 e. The van der Waals surface area contributed by atoms with Crippen molar-refractivity contribution < 1.29 is 4.74 Å². The lowest BCUT2D eigenvalue weighted by atomic mass is 10.2. The van der Waals surface area contributed by atoms with Crippen molar-refractivity contribution in [3.05, 3.63) is 28.2 Å². The third-order valence-corrected chi connectivity index (χ3v) is 2.37. The van der Waals surface area contributed by atoms with Crippen LogP contribution in [0.5, 0.6) is 5.75 Å². The number of hydrogen-bond donors (Lipinski definition) is 2. The Bertz CT molecular complexity index is 352. The van der Waals surface area contributed by atoms with E-state index in [4.69, 9.17) is 15.9 Å². The minimum atomic E-state index is -0.380. The molecule has 0 heterocycles. The van der Waals surface area contributed by atoms with Gasteiger partial charge in [0, 0.05) is 4.47 Å². The van der Waals surface area contributed by atoms with Crippen molar-refractivity contribution in [2.75, 3.05) is 0 Å². The number of aryl methyl sites for hydroxylation is 1. The van der Waals surface area contributed by atoms with Crippen LogP contribution in [-0.2, 0) is 0 Å². The Morgan fingerprint density at radius 3 is 2.71 bits per heavy atom. The molecule has 1 aromatic carbocycles. The highest BCUT2D eigenvalue weighted by atomic mass is 79.9. The zero-order valence-corrected chi connectivity index (χ0v) is 9.76. The lowest BCUT2D eigenvalue weighted by Gasteiger charge is -2.14. The van der Waals surface area contributed by atoms with E-state index in [2.05, 4.69) is 15.9 Å². The van der Waals surface area contributed by atoms with Crippen LogP contribution >= 0.6 is 15.9 Å². The summed E-state index contributed by atoms with van der Waals surface area (Å²) in [6.07, 6.45) is -0.380. The lowest BCUT2D eigenvalue weighted by Crippen LogP contribution is -2.30. The van der Waals surface area contributed by atoms with Crippen LogP contribution in [0.1, 0.15) is 12.5 Å². The summed E-state index contributed by atoms with van der Waals surface area (Å²) < 4.78 is 6.50. The number of hydrogen-bond acceptors (Lipinski definition) is 2. The molecule has 0 saturated heterocycles. The second-order valence-electron chi connectivity index (χ2n) is 3.13. The molecule has 3 nitrogen and oxygen atoms in total. The summed E-state index contributed by atoms with van der Waals surface area (Å²) in [5.41, 5.74) is 6.33. The highest BCUT2D eigenvalue weighted by Gasteiger charge is 2.08. The molecule has 0 aliphatic rings. The highest BCUT2D eigenvalue weighted by Crippen LogP contribution is 2.22. The van der Waals surface area contributed by atoms with Crippen LogP contribution in [0.2, 0.25) is 0 Å². The fraction of sp³-hybridized carbons (Fsp3) is 0.300. The molecule has 4 heteroatoms. The van der Waals surface area contributed by atoms with Crippen molar-refractivity contribution in [2.24, 2.45) is 5.73 Å². The number of nitrogens with two attached hydrogens (primary N) is 1. The Morgan fingerprint density at radius 2 is 2.21 bits per heavy atom. The highest BCUT2D eigenvalue weighted by molar-refractivity contribution is 9.10. The first kappa shape index (κ1) is 11.0. The van der Waals surface area contributed by atoms with E-state index in [0.29, 0.717) is 0 Å². The van der Waals surface area contributed by atoms with Gasteiger partial charge in [0.05, 0.1) is 0 Å². The maximum absolute atomic E-state index is 7.21. The fourth-order valence-corrected chi connectivity index (χ4v) is 1.47. The summed E-state index contributed by atoms with van der Waals surface area (Å²) in [5, 5.41) is 7.21. The van der Waals surface area contributed by atoms with Crippen molar-refractivity contribution in [3.8, 4) is 5.75 Å². The summed E-state index contributed by atoms with van der Waals surface area (Å²) in [7, 11) is 0. The third kappa shape index (κ3) is 2.73. The minimum absolute atomic E-state index is 0.0346. The second-order valence-corrected chi connectivity index (χ2v) is 4.04. The van der Waals surface area contributed by atoms with Crippen LogP contribution in [0.4, 0.5) is 0 Å². The first-order chi connectivity index (χ1) is 6.50. The molecule has 0 spiro atoms. The van der Waals surface area contributed by atoms with Gasteiger partial charge in [-0.25, -0.2) is 0 Å². The van der Waals surface area contributed by atoms with Gasteiger partial charge in [-0.1, -0.05) is 15.9 Å². The van der Waals surface area contributed by atoms with E-state index >= 15 is 0 Å². The molecule has 1 atom stereocenters. The molecule has 1 rings (SSSR count). The maximum atomic E-state index is 7.21. The second kappa shape index (κ2) is 4.46. The van der Waals surface area contributed by atoms with Crippen molar-refractivity contribution in [2.45, 2.75) is 20.0 Å². The topological polar surface area (TPSA) is 59.1 Å². The average molecular weight is 257 g/mol. The molecule has 14 heavy (non-hydrogen) atoms. The molecule has 0 aliphatic heterocycles. The number of rotatable bonds is 3. The van der Waals surface area contributed by atoms with Gasteiger partial charge >= 0.3 is 0 Å². The van der Waals surface area contributed by atoms with E-state index in [1.54, 1.807) is 6.92 Å². The molecule has 0 radical (unpaired) electrons. The molecule has 0 saturated carbocycles. The summed E-state index contributed by atoms with van der Waals surface area (Å²) >= 11 is 3.37. The van der Waals surface area contributed by atoms with E-state index in [9.17, 15) is 0 Å². The van der Waals surface area contributed by atoms with Crippen molar-refractivity contribution >= 4 is 21.8 Å². The van der Waals surface area contributed by atoms with E-state index < -0.39 is 0 Å². The third-order valence-electron chi connectivity index (χ3n) is 1.88. The molecule has 0 amide bonds. The van der Waals surface area contributed by atoms with Gasteiger partial charge in [0.25, 0.3) is 0 Å². The quantitative estimate of drug-likeness (QED) is 0.645. The van der Waals surface area contributed by atoms with Crippen LogP contribution in [-0.4, -0.2) is 11.9 Å². The minimum Gasteiger partial charge on any atom is -0.483 e. The van der Waals surface area contributed by atoms with Gasteiger partial charge in [0.2, 0.25) is 0 Å². The van der Waals surface area contributed by atoms with Gasteiger partial charge in [-0.3, -0.25) is 5.41 Å². The van der Waals surface area contributed by atoms with Gasteiger partial charge in [0.1, 0.15) is 11.6 Å². The Balaban J connectivity index is 2.82. The molecular weight excluding hydrogens is 244 g/mol. The maximum Gasteiger partial charge on any atom is 0.152 e. The van der Waals surface area contributed by atoms with E-state index in [1.807, 2.05) is 25.1 Å². The van der Waals surface area contributed by atoms with Crippen molar-refractivity contribution in [3.63, 3.8) is 0 Å². The average Bonchev–Trinajstić information content (AvgIpc) is 2.09. The lowest BCUT2D eigenvalue weighted by molar-refractivity contribution is 0.283. The zero-order chi connectivity index (χ0) is 10.7. The SMILES string of the molecule is Cc1cc(Br)ccc1OC(C)C(=N)N. The van der Waals surface area contributed by atoms with Gasteiger partial charge in [-0.2, -0.15) is 0 Å². The van der Waals surface area contributed by atoms with Crippen molar-refractivity contribution in [1.82, 2.24) is 0 Å². The van der Waals surface area contributed by atoms with Gasteiger partial charge in [-0.05, 0) is 37.6 Å². The van der Waals surface area contributed by atoms with Crippen LogP contribution < -0.4 is 10.5 Å². The number of benzene rings is 1. The van der Waals surface area contributed by atoms with E-state index in [-0.39, 0.29) is 11.9 Å². The molecule has 1 unspecified atom stereocenters. The van der Waals surface area contributed by atoms with Crippen LogP contribution in [0, 0.1) is 12.3 Å².